The predicted molar refractivity (Wildman–Crippen MR) is 65.3 cm³/mol. The van der Waals surface area contributed by atoms with Crippen molar-refractivity contribution in [2.45, 2.75) is 0 Å². The van der Waals surface area contributed by atoms with E-state index in [4.69, 9.17) is 0 Å². The smallest absolute Gasteiger partial charge is 0.285 e. The number of rotatable bonds is 3. The molecule has 0 saturated carbocycles. The van der Waals surface area contributed by atoms with E-state index >= 15 is 0 Å². The molecule has 0 aliphatic carbocycles. The first kappa shape index (κ1) is 17.0. The third kappa shape index (κ3) is 7.95. The Labute approximate surface area is 114 Å². The zero-order valence-corrected chi connectivity index (χ0v) is 11.4. The fourth-order valence-corrected chi connectivity index (χ4v) is 1.17. The van der Waals surface area contributed by atoms with Gasteiger partial charge in [-0.3, -0.25) is 14.5 Å². The number of carbonyl (C=O) groups excluding carboxylic acids is 2. The predicted octanol–water partition coefficient (Wildman–Crippen LogP) is 1.97. The number of carbonyl (C=O) groups is 2. The van der Waals surface area contributed by atoms with Gasteiger partial charge in [0.1, 0.15) is 0 Å². The maximum absolute atomic E-state index is 10.7. The molecule has 0 saturated heterocycles. The molecule has 4 nitrogen and oxygen atoms in total. The standard InChI is InChI=1S/C5H8N2O2S4.Mn/c8-4(12)7(5(9)13)2-1-6-3(10)11;/h1-2H2,(H4,6,8,9,10,11,12,13);/p-1. The molecule has 0 aliphatic heterocycles. The van der Waals surface area contributed by atoms with Gasteiger partial charge in [-0.1, -0.05) is 37.5 Å². The van der Waals surface area contributed by atoms with Gasteiger partial charge in [-0.25, -0.2) is 0 Å². The summed E-state index contributed by atoms with van der Waals surface area (Å²) in [6.45, 7) is 0.312. The summed E-state index contributed by atoms with van der Waals surface area (Å²) in [7, 11) is 0. The van der Waals surface area contributed by atoms with Gasteiger partial charge in [0.05, 0.1) is 0 Å². The Kier molecular flexibility index (Phi) is 10.8. The summed E-state index contributed by atoms with van der Waals surface area (Å²) in [5.74, 6) is 0. The minimum absolute atomic E-state index is 0. The van der Waals surface area contributed by atoms with Crippen LogP contribution in [0.4, 0.5) is 9.59 Å². The van der Waals surface area contributed by atoms with Crippen LogP contribution in [0.1, 0.15) is 0 Å². The first-order valence-corrected chi connectivity index (χ1v) is 4.84. The second-order valence-electron chi connectivity index (χ2n) is 1.88. The molecule has 0 aromatic carbocycles. The Morgan fingerprint density at radius 3 is 1.93 bits per heavy atom. The molecule has 81 valence electrons. The Morgan fingerprint density at radius 1 is 1.21 bits per heavy atom. The average molecular weight is 310 g/mol. The number of nitrogens with zero attached hydrogens (tertiary/aromatic N) is 2. The zero-order chi connectivity index (χ0) is 10.4. The monoisotopic (exact) mass is 310 g/mol. The normalized spacial score (nSPS) is 8.50. The first-order valence-electron chi connectivity index (χ1n) is 3.09. The van der Waals surface area contributed by atoms with Crippen molar-refractivity contribution in [1.29, 1.82) is 0 Å². The van der Waals surface area contributed by atoms with E-state index in [1.54, 1.807) is 0 Å². The van der Waals surface area contributed by atoms with Crippen LogP contribution in [-0.2, 0) is 17.1 Å². The quantitative estimate of drug-likeness (QED) is 0.424. The van der Waals surface area contributed by atoms with E-state index in [1.165, 1.54) is 0 Å². The number of amides is 2. The van der Waals surface area contributed by atoms with Gasteiger partial charge in [0.2, 0.25) is 0 Å². The van der Waals surface area contributed by atoms with Gasteiger partial charge in [0.15, 0.2) is 0 Å². The molecule has 0 bridgehead atoms. The van der Waals surface area contributed by atoms with Crippen molar-refractivity contribution in [3.63, 3.8) is 0 Å². The molecule has 14 heavy (non-hydrogen) atoms. The summed E-state index contributed by atoms with van der Waals surface area (Å²) in [5.41, 5.74) is 0. The molecular formula is C5H7MnN2O2S4-. The van der Waals surface area contributed by atoms with E-state index in [1.807, 2.05) is 0 Å². The van der Waals surface area contributed by atoms with E-state index < -0.39 is 10.5 Å². The van der Waals surface area contributed by atoms with Crippen LogP contribution in [0.2, 0.25) is 0 Å². The molecule has 1 radical (unpaired) electrons. The van der Waals surface area contributed by atoms with Crippen LogP contribution in [0, 0.1) is 0 Å². The van der Waals surface area contributed by atoms with Crippen LogP contribution >= 0.6 is 50.1 Å². The number of thiol groups is 3. The molecule has 0 rings (SSSR count). The van der Waals surface area contributed by atoms with Crippen molar-refractivity contribution >= 4 is 64.9 Å². The summed E-state index contributed by atoms with van der Waals surface area (Å²) in [6.07, 6.45) is 0. The maximum Gasteiger partial charge on any atom is 0.285 e. The summed E-state index contributed by atoms with van der Waals surface area (Å²) in [6, 6.07) is 0. The topological polar surface area (TPSA) is 51.5 Å². The molecule has 9 heteroatoms. The van der Waals surface area contributed by atoms with Crippen molar-refractivity contribution in [2.24, 2.45) is 0 Å². The van der Waals surface area contributed by atoms with Gasteiger partial charge in [-0.15, -0.1) is 6.54 Å². The molecule has 0 fully saturated rings. The van der Waals surface area contributed by atoms with E-state index in [2.05, 4.69) is 55.4 Å². The molecular weight excluding hydrogens is 303 g/mol. The SMILES string of the molecule is O=C(S)N(CC[N-]C(=S)S)C(=O)S.[Mn]. The molecule has 0 atom stereocenters. The fraction of sp³-hybridized carbons (Fsp3) is 0.400. The van der Waals surface area contributed by atoms with Crippen LogP contribution in [0.15, 0.2) is 0 Å². The van der Waals surface area contributed by atoms with Crippen molar-refractivity contribution in [2.75, 3.05) is 13.1 Å². The Bertz CT molecular complexity index is 224. The van der Waals surface area contributed by atoms with Crippen LogP contribution < -0.4 is 0 Å². The van der Waals surface area contributed by atoms with Crippen LogP contribution in [0.5, 0.6) is 0 Å². The van der Waals surface area contributed by atoms with Crippen molar-refractivity contribution < 1.29 is 26.7 Å². The van der Waals surface area contributed by atoms with Gasteiger partial charge in [0.25, 0.3) is 10.5 Å². The average Bonchev–Trinajstić information content (AvgIpc) is 1.95. The van der Waals surface area contributed by atoms with E-state index in [-0.39, 0.29) is 34.5 Å². The molecule has 0 spiro atoms. The van der Waals surface area contributed by atoms with Crippen molar-refractivity contribution in [3.8, 4) is 0 Å². The Hall–Kier alpha value is 0.599. The van der Waals surface area contributed by atoms with Gasteiger partial charge < -0.3 is 5.32 Å². The molecule has 0 aromatic heterocycles. The minimum Gasteiger partial charge on any atom is -0.668 e. The number of imide groups is 1. The van der Waals surface area contributed by atoms with Gasteiger partial charge >= 0.3 is 0 Å². The Morgan fingerprint density at radius 2 is 1.64 bits per heavy atom. The maximum atomic E-state index is 10.7. The molecule has 0 aliphatic rings. The van der Waals surface area contributed by atoms with Gasteiger partial charge in [0, 0.05) is 23.6 Å². The fourth-order valence-electron chi connectivity index (χ4n) is 0.519. The van der Waals surface area contributed by atoms with Crippen molar-refractivity contribution in [3.05, 3.63) is 5.32 Å². The van der Waals surface area contributed by atoms with Crippen molar-refractivity contribution in [1.82, 2.24) is 4.90 Å². The van der Waals surface area contributed by atoms with Gasteiger partial charge in [-0.05, 0) is 4.32 Å². The second-order valence-corrected chi connectivity index (χ2v) is 3.76. The Balaban J connectivity index is 0. The van der Waals surface area contributed by atoms with E-state index in [0.717, 1.165) is 4.90 Å². The van der Waals surface area contributed by atoms with Gasteiger partial charge in [-0.2, -0.15) is 12.6 Å². The zero-order valence-electron chi connectivity index (χ0n) is 6.75. The first-order chi connectivity index (χ1) is 5.95. The second kappa shape index (κ2) is 8.87. The number of hydrogen-bond acceptors (Lipinski definition) is 3. The minimum atomic E-state index is -0.666. The molecule has 0 unspecified atom stereocenters. The third-order valence-corrected chi connectivity index (χ3v) is 1.79. The largest absolute Gasteiger partial charge is 0.668 e. The van der Waals surface area contributed by atoms with Crippen LogP contribution in [-0.4, -0.2) is 32.8 Å². The summed E-state index contributed by atoms with van der Waals surface area (Å²) < 4.78 is 0.179. The number of hydrogen-bond donors (Lipinski definition) is 3. The summed E-state index contributed by atoms with van der Waals surface area (Å²) in [4.78, 5) is 22.2. The summed E-state index contributed by atoms with van der Waals surface area (Å²) >= 11 is 15.3. The molecule has 0 N–H and O–H groups in total. The summed E-state index contributed by atoms with van der Waals surface area (Å²) in [5, 5.41) is 2.38. The van der Waals surface area contributed by atoms with Crippen LogP contribution in [0.3, 0.4) is 0 Å². The molecule has 0 aromatic rings. The number of thiocarbonyl (C=S) groups is 1. The van der Waals surface area contributed by atoms with E-state index in [0.29, 0.717) is 0 Å². The van der Waals surface area contributed by atoms with Crippen LogP contribution in [0.25, 0.3) is 5.32 Å². The molecule has 0 heterocycles. The molecule has 2 amide bonds. The van der Waals surface area contributed by atoms with E-state index in [9.17, 15) is 9.59 Å². The third-order valence-electron chi connectivity index (χ3n) is 1.03.